The van der Waals surface area contributed by atoms with E-state index in [0.717, 1.165) is 17.5 Å². The number of benzene rings is 4. The zero-order chi connectivity index (χ0) is 25.1. The van der Waals surface area contributed by atoms with E-state index in [9.17, 15) is 18.0 Å². The molecule has 6 rings (SSSR count). The Morgan fingerprint density at radius 3 is 1.70 bits per heavy atom. The van der Waals surface area contributed by atoms with Crippen LogP contribution in [0.5, 0.6) is 0 Å². The van der Waals surface area contributed by atoms with Crippen molar-refractivity contribution in [2.24, 2.45) is 0 Å². The molecule has 0 unspecified atom stereocenters. The molecular formula is C31H28O4S2. The average Bonchev–Trinajstić information content (AvgIpc) is 3.47. The average molecular weight is 529 g/mol. The number of carbonyl (C=O) groups is 2. The second-order valence-corrected chi connectivity index (χ2v) is 11.8. The van der Waals surface area contributed by atoms with Gasteiger partial charge < -0.3 is 0 Å². The minimum absolute atomic E-state index is 0. The molecule has 0 amide bonds. The van der Waals surface area contributed by atoms with Crippen LogP contribution in [-0.2, 0) is 22.7 Å². The molecule has 0 heterocycles. The molecule has 0 N–H and O–H groups in total. The quantitative estimate of drug-likeness (QED) is 0.279. The Balaban J connectivity index is 0.000000169. The summed E-state index contributed by atoms with van der Waals surface area (Å²) < 4.78 is 24.9. The zero-order valence-corrected chi connectivity index (χ0v) is 21.1. The highest BCUT2D eigenvalue weighted by atomic mass is 32.2. The predicted molar refractivity (Wildman–Crippen MR) is 147 cm³/mol. The van der Waals surface area contributed by atoms with Crippen LogP contribution < -0.4 is 0 Å². The fourth-order valence-corrected chi connectivity index (χ4v) is 6.69. The van der Waals surface area contributed by atoms with Gasteiger partial charge >= 0.3 is 0 Å². The van der Waals surface area contributed by atoms with E-state index in [2.05, 4.69) is 18.2 Å². The smallest absolute Gasteiger partial charge is 0.206 e. The lowest BCUT2D eigenvalue weighted by Gasteiger charge is -2.06. The third-order valence-electron chi connectivity index (χ3n) is 6.34. The monoisotopic (exact) mass is 528 g/mol. The molecule has 0 spiro atoms. The summed E-state index contributed by atoms with van der Waals surface area (Å²) in [6.45, 7) is 0. The van der Waals surface area contributed by atoms with Crippen LogP contribution in [0.15, 0.2) is 117 Å². The fraction of sp³-hybridized carbons (Fsp3) is 0.161. The minimum atomic E-state index is -3.49. The van der Waals surface area contributed by atoms with Gasteiger partial charge in [0.05, 0.1) is 9.79 Å². The molecule has 2 aliphatic rings. The minimum Gasteiger partial charge on any atom is -0.294 e. The van der Waals surface area contributed by atoms with Crippen LogP contribution in [0.1, 0.15) is 52.1 Å². The first-order chi connectivity index (χ1) is 17.4. The van der Waals surface area contributed by atoms with Gasteiger partial charge in [-0.05, 0) is 78.6 Å². The lowest BCUT2D eigenvalue weighted by Crippen LogP contribution is -2.03. The molecule has 0 saturated carbocycles. The Morgan fingerprint density at radius 2 is 1.08 bits per heavy atom. The zero-order valence-electron chi connectivity index (χ0n) is 19.5. The van der Waals surface area contributed by atoms with Gasteiger partial charge in [0.2, 0.25) is 9.84 Å². The standard InChI is InChI=1S/C15H12O3S.C15H12OS.CH4/c16-15-9-6-11-10-13(7-8-14(11)15)19(17,18)12-4-2-1-3-5-12;16-15-9-6-11-10-13(7-8-14(11)15)17-12-4-2-1-3-5-12;/h1-5,7-8,10H,6,9H2;1-5,7-8,10H,6,9H2;1H4. The van der Waals surface area contributed by atoms with Gasteiger partial charge in [0.25, 0.3) is 0 Å². The van der Waals surface area contributed by atoms with Crippen molar-refractivity contribution in [2.45, 2.75) is 52.7 Å². The van der Waals surface area contributed by atoms with Crippen molar-refractivity contribution in [3.8, 4) is 0 Å². The van der Waals surface area contributed by atoms with E-state index in [-0.39, 0.29) is 28.8 Å². The van der Waals surface area contributed by atoms with Crippen LogP contribution in [0.4, 0.5) is 0 Å². The van der Waals surface area contributed by atoms with E-state index in [1.807, 2.05) is 30.3 Å². The van der Waals surface area contributed by atoms with Crippen molar-refractivity contribution in [2.75, 3.05) is 0 Å². The molecule has 4 aromatic carbocycles. The highest BCUT2D eigenvalue weighted by Crippen LogP contribution is 2.32. The maximum Gasteiger partial charge on any atom is 0.206 e. The second kappa shape index (κ2) is 11.3. The van der Waals surface area contributed by atoms with Gasteiger partial charge in [0.1, 0.15) is 0 Å². The van der Waals surface area contributed by atoms with Crippen molar-refractivity contribution in [1.82, 2.24) is 0 Å². The Hall–Kier alpha value is -3.48. The number of hydrogen-bond donors (Lipinski definition) is 0. The number of ketones is 2. The van der Waals surface area contributed by atoms with E-state index in [1.165, 1.54) is 21.4 Å². The van der Waals surface area contributed by atoms with E-state index >= 15 is 0 Å². The molecule has 4 nitrogen and oxygen atoms in total. The number of sulfone groups is 1. The second-order valence-electron chi connectivity index (χ2n) is 8.72. The summed E-state index contributed by atoms with van der Waals surface area (Å²) in [6.07, 6.45) is 2.68. The normalized spacial score (nSPS) is 13.7. The molecule has 37 heavy (non-hydrogen) atoms. The number of carbonyl (C=O) groups excluding carboxylic acids is 2. The number of hydrogen-bond acceptors (Lipinski definition) is 5. The fourth-order valence-electron chi connectivity index (χ4n) is 4.45. The Labute approximate surface area is 222 Å². The maximum absolute atomic E-state index is 12.4. The third-order valence-corrected chi connectivity index (χ3v) is 9.10. The summed E-state index contributed by atoms with van der Waals surface area (Å²) in [5.41, 5.74) is 3.62. The first-order valence-electron chi connectivity index (χ1n) is 11.8. The maximum atomic E-state index is 12.4. The summed E-state index contributed by atoms with van der Waals surface area (Å²) in [6, 6.07) is 29.6. The first-order valence-corrected chi connectivity index (χ1v) is 14.1. The van der Waals surface area contributed by atoms with Gasteiger partial charge in [-0.2, -0.15) is 0 Å². The molecule has 0 atom stereocenters. The molecule has 188 valence electrons. The summed E-state index contributed by atoms with van der Waals surface area (Å²) in [4.78, 5) is 26.1. The van der Waals surface area contributed by atoms with E-state index in [1.54, 1.807) is 54.2 Å². The molecule has 0 aromatic heterocycles. The molecule has 2 aliphatic carbocycles. The third kappa shape index (κ3) is 5.76. The van der Waals surface area contributed by atoms with Gasteiger partial charge in [0, 0.05) is 33.8 Å². The van der Waals surface area contributed by atoms with E-state index in [0.29, 0.717) is 24.8 Å². The van der Waals surface area contributed by atoms with Crippen molar-refractivity contribution in [1.29, 1.82) is 0 Å². The number of fused-ring (bicyclic) bond motifs is 2. The lowest BCUT2D eigenvalue weighted by molar-refractivity contribution is 0.0986. The Bertz CT molecular complexity index is 1540. The molecule has 6 heteroatoms. The topological polar surface area (TPSA) is 68.3 Å². The molecule has 0 aliphatic heterocycles. The molecular weight excluding hydrogens is 500 g/mol. The SMILES string of the molecule is C.O=C1CCc2cc(S(=O)(=O)c3ccccc3)ccc21.O=C1CCc2cc(Sc3ccccc3)ccc21. The summed E-state index contributed by atoms with van der Waals surface area (Å²) in [7, 11) is -3.49. The molecule has 0 bridgehead atoms. The first kappa shape index (κ1) is 26.6. The van der Waals surface area contributed by atoms with Crippen LogP contribution in [-0.4, -0.2) is 20.0 Å². The highest BCUT2D eigenvalue weighted by molar-refractivity contribution is 7.99. The molecule has 0 radical (unpaired) electrons. The number of Topliss-reactive ketones (excluding diaryl/α,β-unsaturated/α-hetero) is 2. The van der Waals surface area contributed by atoms with Crippen molar-refractivity contribution in [3.05, 3.63) is 119 Å². The van der Waals surface area contributed by atoms with Gasteiger partial charge in [-0.25, -0.2) is 8.42 Å². The van der Waals surface area contributed by atoms with E-state index < -0.39 is 9.84 Å². The molecule has 0 fully saturated rings. The van der Waals surface area contributed by atoms with E-state index in [4.69, 9.17) is 0 Å². The lowest BCUT2D eigenvalue weighted by atomic mass is 10.1. The number of rotatable bonds is 4. The van der Waals surface area contributed by atoms with Crippen LogP contribution >= 0.6 is 11.8 Å². The van der Waals surface area contributed by atoms with Crippen LogP contribution in [0.25, 0.3) is 0 Å². The largest absolute Gasteiger partial charge is 0.294 e. The van der Waals surface area contributed by atoms with Gasteiger partial charge in [-0.1, -0.05) is 61.7 Å². The van der Waals surface area contributed by atoms with Crippen molar-refractivity contribution in [3.63, 3.8) is 0 Å². The van der Waals surface area contributed by atoms with Crippen LogP contribution in [0, 0.1) is 0 Å². The summed E-state index contributed by atoms with van der Waals surface area (Å²) in [5.74, 6) is 0.384. The van der Waals surface area contributed by atoms with Crippen molar-refractivity contribution >= 4 is 33.2 Å². The Morgan fingerprint density at radius 1 is 0.541 bits per heavy atom. The Kier molecular flexibility index (Phi) is 8.10. The summed E-state index contributed by atoms with van der Waals surface area (Å²) in [5, 5.41) is 0. The van der Waals surface area contributed by atoms with Gasteiger partial charge in [-0.15, -0.1) is 0 Å². The van der Waals surface area contributed by atoms with Gasteiger partial charge in [0.15, 0.2) is 11.6 Å². The highest BCUT2D eigenvalue weighted by Gasteiger charge is 2.24. The van der Waals surface area contributed by atoms with Crippen molar-refractivity contribution < 1.29 is 18.0 Å². The van der Waals surface area contributed by atoms with Gasteiger partial charge in [-0.3, -0.25) is 9.59 Å². The molecule has 4 aromatic rings. The van der Waals surface area contributed by atoms with Crippen LogP contribution in [0.2, 0.25) is 0 Å². The summed E-state index contributed by atoms with van der Waals surface area (Å²) >= 11 is 1.74. The predicted octanol–water partition coefficient (Wildman–Crippen LogP) is 7.25. The number of aryl methyl sites for hydroxylation is 2. The van der Waals surface area contributed by atoms with Crippen LogP contribution in [0.3, 0.4) is 0 Å². The molecule has 0 saturated heterocycles.